The Hall–Kier alpha value is -4.92. The Morgan fingerprint density at radius 3 is 2.37 bits per heavy atom. The van der Waals surface area contributed by atoms with Crippen molar-refractivity contribution in [2.24, 2.45) is 5.92 Å². The first-order valence-electron chi connectivity index (χ1n) is 20.0. The van der Waals surface area contributed by atoms with Gasteiger partial charge in [0.1, 0.15) is 40.8 Å². The minimum Gasteiger partial charge on any atom is -0.497 e. The smallest absolute Gasteiger partial charge is 0.408 e. The van der Waals surface area contributed by atoms with E-state index in [1.54, 1.807) is 33.9 Å². The summed E-state index contributed by atoms with van der Waals surface area (Å²) >= 11 is 0. The van der Waals surface area contributed by atoms with E-state index in [4.69, 9.17) is 19.2 Å². The van der Waals surface area contributed by atoms with Gasteiger partial charge in [-0.15, -0.1) is 0 Å². The van der Waals surface area contributed by atoms with Crippen LogP contribution < -0.4 is 24.8 Å². The van der Waals surface area contributed by atoms with E-state index in [0.29, 0.717) is 66.6 Å². The van der Waals surface area contributed by atoms with Crippen LogP contribution in [0.1, 0.15) is 91.4 Å². The summed E-state index contributed by atoms with van der Waals surface area (Å²) in [6.45, 7) is 5.22. The molecule has 7 rings (SSSR count). The highest BCUT2D eigenvalue weighted by molar-refractivity contribution is 7.90. The molecule has 0 unspecified atom stereocenters. The molecule has 2 aliphatic heterocycles. The van der Waals surface area contributed by atoms with Gasteiger partial charge in [0, 0.05) is 29.5 Å². The number of aromatic nitrogens is 1. The lowest BCUT2D eigenvalue weighted by Gasteiger charge is -2.31. The molecule has 0 bridgehead atoms. The largest absolute Gasteiger partial charge is 0.497 e. The Morgan fingerprint density at radius 2 is 1.68 bits per heavy atom. The highest BCUT2D eigenvalue weighted by Crippen LogP contribution is 2.48. The third-order valence-electron chi connectivity index (χ3n) is 11.6. The molecule has 4 fully saturated rings. The number of nitrogens with zero attached hydrogens (tertiary/aromatic N) is 2. The number of alkyl carbamates (subject to hydrolysis) is 1. The number of methoxy groups -OCH3 is 1. The molecule has 0 radical (unpaired) electrons. The Bertz CT molecular complexity index is 2120. The van der Waals surface area contributed by atoms with E-state index in [-0.39, 0.29) is 18.9 Å². The van der Waals surface area contributed by atoms with Gasteiger partial charge in [0.25, 0.3) is 5.91 Å². The number of benzene rings is 2. The van der Waals surface area contributed by atoms with Crippen molar-refractivity contribution in [1.29, 1.82) is 0 Å². The predicted octanol–water partition coefficient (Wildman–Crippen LogP) is 5.38. The molecular weight excluding hydrogens is 751 g/mol. The fourth-order valence-electron chi connectivity index (χ4n) is 8.17. The third kappa shape index (κ3) is 8.98. The highest BCUT2D eigenvalue weighted by atomic mass is 32.2. The molecule has 15 heteroatoms. The lowest BCUT2D eigenvalue weighted by molar-refractivity contribution is -0.141. The molecule has 4 amide bonds. The van der Waals surface area contributed by atoms with Gasteiger partial charge in [0.2, 0.25) is 21.8 Å². The molecule has 2 saturated carbocycles. The van der Waals surface area contributed by atoms with Crippen LogP contribution in [0.4, 0.5) is 4.79 Å². The van der Waals surface area contributed by atoms with E-state index in [9.17, 15) is 27.6 Å². The lowest BCUT2D eigenvalue weighted by atomic mass is 10.0. The van der Waals surface area contributed by atoms with E-state index in [2.05, 4.69) is 15.4 Å². The topological polar surface area (TPSA) is 182 Å². The SMILES string of the molecule is COc1ccc2c(O[C@@H]3C[C@H]4C(=O)N[C@]5(C(=O)NS(=O)(=O)C6CCC6)C[C@H]5CCCCCC[C@H](NC(=O)OC(C)(C)C)C(=O)N4C3)cc(-c3ccccc3)nc2c1. The minimum absolute atomic E-state index is 0.00272. The summed E-state index contributed by atoms with van der Waals surface area (Å²) in [6.07, 6.45) is 4.59. The van der Waals surface area contributed by atoms with E-state index in [0.717, 1.165) is 31.2 Å². The highest BCUT2D eigenvalue weighted by Gasteiger charge is 2.62. The number of pyridine rings is 1. The first-order chi connectivity index (χ1) is 27.2. The van der Waals surface area contributed by atoms with Gasteiger partial charge in [-0.1, -0.05) is 62.4 Å². The maximum Gasteiger partial charge on any atom is 0.408 e. The summed E-state index contributed by atoms with van der Waals surface area (Å²) in [7, 11) is -2.33. The molecule has 2 aliphatic carbocycles. The number of sulfonamides is 1. The van der Waals surface area contributed by atoms with Gasteiger partial charge in [0.05, 0.1) is 30.1 Å². The van der Waals surface area contributed by atoms with Crippen LogP contribution in [0.2, 0.25) is 0 Å². The molecule has 1 aromatic heterocycles. The molecule has 0 spiro atoms. The summed E-state index contributed by atoms with van der Waals surface area (Å²) in [6, 6.07) is 14.9. The van der Waals surface area contributed by atoms with Crippen LogP contribution >= 0.6 is 0 Å². The molecule has 14 nitrogen and oxygen atoms in total. The maximum atomic E-state index is 14.6. The molecule has 3 heterocycles. The molecule has 3 N–H and O–H groups in total. The maximum absolute atomic E-state index is 14.6. The minimum atomic E-state index is -3.91. The Kier molecular flexibility index (Phi) is 11.4. The zero-order valence-corrected chi connectivity index (χ0v) is 33.9. The Labute approximate surface area is 333 Å². The van der Waals surface area contributed by atoms with Crippen molar-refractivity contribution in [3.8, 4) is 22.8 Å². The van der Waals surface area contributed by atoms with Crippen LogP contribution in [0, 0.1) is 5.92 Å². The van der Waals surface area contributed by atoms with Gasteiger partial charge in [-0.2, -0.15) is 0 Å². The van der Waals surface area contributed by atoms with Gasteiger partial charge >= 0.3 is 6.09 Å². The monoisotopic (exact) mass is 803 g/mol. The van der Waals surface area contributed by atoms with Crippen molar-refractivity contribution in [1.82, 2.24) is 25.2 Å². The molecule has 306 valence electrons. The number of ether oxygens (including phenoxy) is 3. The average molecular weight is 804 g/mol. The van der Waals surface area contributed by atoms with Crippen LogP contribution in [0.15, 0.2) is 54.6 Å². The Morgan fingerprint density at radius 1 is 0.947 bits per heavy atom. The normalized spacial score (nSPS) is 25.9. The number of nitrogens with one attached hydrogen (secondary N) is 3. The van der Waals surface area contributed by atoms with Crippen molar-refractivity contribution in [3.05, 3.63) is 54.6 Å². The van der Waals surface area contributed by atoms with E-state index in [1.165, 1.54) is 4.90 Å². The number of carbonyl (C=O) groups is 4. The summed E-state index contributed by atoms with van der Waals surface area (Å²) < 4.78 is 46.2. The van der Waals surface area contributed by atoms with Crippen LogP contribution in [0.5, 0.6) is 11.5 Å². The fourth-order valence-corrected chi connectivity index (χ4v) is 9.73. The quantitative estimate of drug-likeness (QED) is 0.268. The number of hydrogen-bond acceptors (Lipinski definition) is 10. The van der Waals surface area contributed by atoms with Crippen molar-refractivity contribution < 1.29 is 41.8 Å². The Balaban J connectivity index is 1.21. The van der Waals surface area contributed by atoms with Crippen molar-refractivity contribution in [2.45, 2.75) is 126 Å². The predicted molar refractivity (Wildman–Crippen MR) is 213 cm³/mol. The number of rotatable bonds is 8. The standard InChI is InChI=1S/C42H53N5O9S/c1-41(2,3)56-40(51)44-32-18-11-6-5-10-15-27-24-42(27,39(50)46-57(52,53)30-16-12-17-30)45-37(48)35-22-29(25-47(35)38(32)49)55-36-23-33(26-13-8-7-9-14-26)43-34-21-28(54-4)19-20-31(34)36/h7-9,13-14,19-21,23,27,29-30,32,35H,5-6,10-12,15-18,22,24-25H2,1-4H3,(H,44,51)(H,45,48)(H,46,50)/t27-,29-,32+,35+,42-/m1/s1. The van der Waals surface area contributed by atoms with Gasteiger partial charge < -0.3 is 29.7 Å². The number of amides is 4. The van der Waals surface area contributed by atoms with Crippen molar-refractivity contribution in [2.75, 3.05) is 13.7 Å². The zero-order chi connectivity index (χ0) is 40.5. The number of carbonyl (C=O) groups excluding carboxylic acids is 4. The summed E-state index contributed by atoms with van der Waals surface area (Å²) in [5.41, 5.74) is -0.0829. The van der Waals surface area contributed by atoms with Gasteiger partial charge in [0.15, 0.2) is 0 Å². The van der Waals surface area contributed by atoms with Crippen LogP contribution in [-0.2, 0) is 29.1 Å². The second-order valence-electron chi connectivity index (χ2n) is 16.8. The molecular formula is C42H53N5O9S. The summed E-state index contributed by atoms with van der Waals surface area (Å²) in [5.74, 6) is -0.942. The van der Waals surface area contributed by atoms with E-state index >= 15 is 0 Å². The van der Waals surface area contributed by atoms with E-state index < -0.39 is 68.4 Å². The fraction of sp³-hybridized carbons (Fsp3) is 0.548. The zero-order valence-electron chi connectivity index (χ0n) is 33.0. The van der Waals surface area contributed by atoms with E-state index in [1.807, 2.05) is 48.5 Å². The van der Waals surface area contributed by atoms with Crippen LogP contribution in [-0.4, -0.2) is 90.3 Å². The molecule has 4 aliphatic rings. The second kappa shape index (κ2) is 16.1. The molecule has 3 aromatic rings. The average Bonchev–Trinajstić information content (AvgIpc) is 3.67. The third-order valence-corrected chi connectivity index (χ3v) is 13.4. The second-order valence-corrected chi connectivity index (χ2v) is 18.8. The van der Waals surface area contributed by atoms with Crippen molar-refractivity contribution in [3.63, 3.8) is 0 Å². The van der Waals surface area contributed by atoms with Crippen molar-refractivity contribution >= 4 is 44.7 Å². The number of hydrogen-bond donors (Lipinski definition) is 3. The summed E-state index contributed by atoms with van der Waals surface area (Å²) in [4.78, 5) is 62.4. The number of fused-ring (bicyclic) bond motifs is 3. The molecule has 57 heavy (non-hydrogen) atoms. The summed E-state index contributed by atoms with van der Waals surface area (Å²) in [5, 5.41) is 5.80. The first-order valence-corrected chi connectivity index (χ1v) is 21.6. The van der Waals surface area contributed by atoms with Gasteiger partial charge in [-0.25, -0.2) is 18.2 Å². The van der Waals surface area contributed by atoms with Crippen LogP contribution in [0.25, 0.3) is 22.2 Å². The molecule has 2 saturated heterocycles. The van der Waals surface area contributed by atoms with Gasteiger partial charge in [-0.05, 0) is 70.9 Å². The molecule has 2 aromatic carbocycles. The van der Waals surface area contributed by atoms with Crippen LogP contribution in [0.3, 0.4) is 0 Å². The molecule has 5 atom stereocenters. The first kappa shape index (κ1) is 40.3. The van der Waals surface area contributed by atoms with Gasteiger partial charge in [-0.3, -0.25) is 19.1 Å². The lowest BCUT2D eigenvalue weighted by Crippen LogP contribution is -2.59.